The van der Waals surface area contributed by atoms with E-state index in [-0.39, 0.29) is 11.8 Å². The highest BCUT2D eigenvalue weighted by molar-refractivity contribution is 5.97. The molecule has 0 spiro atoms. The molecule has 122 valence electrons. The van der Waals surface area contributed by atoms with Crippen LogP contribution in [0, 0.1) is 0 Å². The van der Waals surface area contributed by atoms with E-state index in [1.165, 1.54) is 6.39 Å². The molecule has 1 fully saturated rings. The lowest BCUT2D eigenvalue weighted by Gasteiger charge is -2.22. The predicted molar refractivity (Wildman–Crippen MR) is 86.0 cm³/mol. The maximum atomic E-state index is 12.7. The van der Waals surface area contributed by atoms with E-state index in [2.05, 4.69) is 4.98 Å². The van der Waals surface area contributed by atoms with Crippen molar-refractivity contribution in [3.8, 4) is 0 Å². The van der Waals surface area contributed by atoms with Crippen molar-refractivity contribution in [3.63, 3.8) is 0 Å². The van der Waals surface area contributed by atoms with Crippen molar-refractivity contribution >= 4 is 22.9 Å². The van der Waals surface area contributed by atoms with Crippen molar-refractivity contribution in [2.75, 3.05) is 26.2 Å². The molecule has 2 amide bonds. The van der Waals surface area contributed by atoms with E-state index in [0.717, 1.165) is 24.9 Å². The number of carbonyl (C=O) groups is 2. The van der Waals surface area contributed by atoms with Crippen molar-refractivity contribution in [1.82, 2.24) is 14.8 Å². The Hall–Kier alpha value is -2.37. The SMILES string of the molecule is CCCC(=O)N1CCCN(C(=O)c2ccc3ncoc3c2)CC1. The largest absolute Gasteiger partial charge is 0.443 e. The Kier molecular flexibility index (Phi) is 4.60. The molecule has 6 heteroatoms. The minimum Gasteiger partial charge on any atom is -0.443 e. The molecule has 0 unspecified atom stereocenters. The first-order valence-corrected chi connectivity index (χ1v) is 8.09. The number of rotatable bonds is 3. The van der Waals surface area contributed by atoms with E-state index in [9.17, 15) is 9.59 Å². The van der Waals surface area contributed by atoms with Gasteiger partial charge in [0, 0.05) is 38.2 Å². The highest BCUT2D eigenvalue weighted by Gasteiger charge is 2.22. The van der Waals surface area contributed by atoms with Gasteiger partial charge >= 0.3 is 0 Å². The van der Waals surface area contributed by atoms with Crippen LogP contribution in [-0.2, 0) is 4.79 Å². The van der Waals surface area contributed by atoms with Crippen molar-refractivity contribution in [2.45, 2.75) is 26.2 Å². The summed E-state index contributed by atoms with van der Waals surface area (Å²) in [5.41, 5.74) is 1.96. The Balaban J connectivity index is 1.69. The second-order valence-corrected chi connectivity index (χ2v) is 5.81. The van der Waals surface area contributed by atoms with Gasteiger partial charge in [-0.05, 0) is 31.0 Å². The van der Waals surface area contributed by atoms with Crippen LogP contribution < -0.4 is 0 Å². The summed E-state index contributed by atoms with van der Waals surface area (Å²) in [6.07, 6.45) is 3.62. The first-order valence-electron chi connectivity index (χ1n) is 8.09. The molecule has 0 N–H and O–H groups in total. The predicted octanol–water partition coefficient (Wildman–Crippen LogP) is 2.30. The van der Waals surface area contributed by atoms with E-state index >= 15 is 0 Å². The third-order valence-electron chi connectivity index (χ3n) is 4.18. The zero-order valence-electron chi connectivity index (χ0n) is 13.3. The summed E-state index contributed by atoms with van der Waals surface area (Å²) >= 11 is 0. The highest BCUT2D eigenvalue weighted by Crippen LogP contribution is 2.17. The fourth-order valence-corrected chi connectivity index (χ4v) is 2.91. The third-order valence-corrected chi connectivity index (χ3v) is 4.18. The van der Waals surface area contributed by atoms with Gasteiger partial charge in [-0.1, -0.05) is 6.92 Å². The molecule has 1 aliphatic heterocycles. The average molecular weight is 315 g/mol. The van der Waals surface area contributed by atoms with Gasteiger partial charge in [-0.3, -0.25) is 9.59 Å². The maximum absolute atomic E-state index is 12.7. The summed E-state index contributed by atoms with van der Waals surface area (Å²) in [6, 6.07) is 5.30. The summed E-state index contributed by atoms with van der Waals surface area (Å²) in [6.45, 7) is 4.58. The zero-order valence-corrected chi connectivity index (χ0v) is 13.3. The Labute approximate surface area is 135 Å². The molecule has 2 aromatic rings. The third kappa shape index (κ3) is 3.36. The summed E-state index contributed by atoms with van der Waals surface area (Å²) in [5, 5.41) is 0. The monoisotopic (exact) mass is 315 g/mol. The number of aromatic nitrogens is 1. The topological polar surface area (TPSA) is 66.7 Å². The van der Waals surface area contributed by atoms with E-state index in [1.807, 2.05) is 16.7 Å². The van der Waals surface area contributed by atoms with Crippen LogP contribution in [0.15, 0.2) is 29.0 Å². The number of oxazole rings is 1. The summed E-state index contributed by atoms with van der Waals surface area (Å²) in [7, 11) is 0. The van der Waals surface area contributed by atoms with Gasteiger partial charge < -0.3 is 14.2 Å². The van der Waals surface area contributed by atoms with Crippen LogP contribution in [0.25, 0.3) is 11.1 Å². The molecule has 0 saturated carbocycles. The lowest BCUT2D eigenvalue weighted by molar-refractivity contribution is -0.131. The molecule has 1 aromatic heterocycles. The first-order chi connectivity index (χ1) is 11.2. The van der Waals surface area contributed by atoms with Gasteiger partial charge in [0.2, 0.25) is 5.91 Å². The Morgan fingerprint density at radius 3 is 2.78 bits per heavy atom. The standard InChI is InChI=1S/C17H21N3O3/c1-2-4-16(21)19-7-3-8-20(10-9-19)17(22)13-5-6-14-15(11-13)23-12-18-14/h5-6,11-12H,2-4,7-10H2,1H3. The lowest BCUT2D eigenvalue weighted by Crippen LogP contribution is -2.37. The minimum absolute atomic E-state index is 0.0203. The quantitative estimate of drug-likeness (QED) is 0.871. The fraction of sp³-hybridized carbons (Fsp3) is 0.471. The van der Waals surface area contributed by atoms with E-state index in [0.29, 0.717) is 37.2 Å². The first kappa shape index (κ1) is 15.5. The fourth-order valence-electron chi connectivity index (χ4n) is 2.91. The molecule has 6 nitrogen and oxygen atoms in total. The van der Waals surface area contributed by atoms with E-state index < -0.39 is 0 Å². The Morgan fingerprint density at radius 1 is 1.17 bits per heavy atom. The van der Waals surface area contributed by atoms with Gasteiger partial charge in [0.1, 0.15) is 5.52 Å². The molecule has 2 heterocycles. The molecular weight excluding hydrogens is 294 g/mol. The van der Waals surface area contributed by atoms with Crippen LogP contribution in [0.2, 0.25) is 0 Å². The minimum atomic E-state index is -0.0203. The number of hydrogen-bond donors (Lipinski definition) is 0. The van der Waals surface area contributed by atoms with Crippen LogP contribution >= 0.6 is 0 Å². The number of carbonyl (C=O) groups excluding carboxylic acids is 2. The van der Waals surface area contributed by atoms with E-state index in [1.54, 1.807) is 18.2 Å². The molecular formula is C17H21N3O3. The van der Waals surface area contributed by atoms with Gasteiger partial charge in [0.05, 0.1) is 0 Å². The highest BCUT2D eigenvalue weighted by atomic mass is 16.3. The van der Waals surface area contributed by atoms with Crippen LogP contribution in [-0.4, -0.2) is 52.8 Å². The van der Waals surface area contributed by atoms with Crippen LogP contribution in [0.3, 0.4) is 0 Å². The number of fused-ring (bicyclic) bond motifs is 1. The second-order valence-electron chi connectivity index (χ2n) is 5.81. The van der Waals surface area contributed by atoms with Gasteiger partial charge in [-0.15, -0.1) is 0 Å². The van der Waals surface area contributed by atoms with E-state index in [4.69, 9.17) is 4.42 Å². The van der Waals surface area contributed by atoms with Crippen molar-refractivity contribution in [2.24, 2.45) is 0 Å². The molecule has 23 heavy (non-hydrogen) atoms. The summed E-state index contributed by atoms with van der Waals surface area (Å²) < 4.78 is 5.26. The van der Waals surface area contributed by atoms with Crippen LogP contribution in [0.5, 0.6) is 0 Å². The normalized spacial score (nSPS) is 15.7. The second kappa shape index (κ2) is 6.81. The van der Waals surface area contributed by atoms with Gasteiger partial charge in [-0.25, -0.2) is 4.98 Å². The number of nitrogens with zero attached hydrogens (tertiary/aromatic N) is 3. The number of hydrogen-bond acceptors (Lipinski definition) is 4. The van der Waals surface area contributed by atoms with Crippen molar-refractivity contribution < 1.29 is 14.0 Å². The number of benzene rings is 1. The van der Waals surface area contributed by atoms with Crippen LogP contribution in [0.1, 0.15) is 36.5 Å². The molecule has 0 bridgehead atoms. The number of amides is 2. The molecule has 1 saturated heterocycles. The molecule has 0 radical (unpaired) electrons. The average Bonchev–Trinajstić information content (AvgIpc) is 2.88. The van der Waals surface area contributed by atoms with Crippen molar-refractivity contribution in [3.05, 3.63) is 30.2 Å². The van der Waals surface area contributed by atoms with Gasteiger partial charge in [0.25, 0.3) is 5.91 Å². The molecule has 0 aliphatic carbocycles. The molecule has 3 rings (SSSR count). The Morgan fingerprint density at radius 2 is 1.96 bits per heavy atom. The summed E-state index contributed by atoms with van der Waals surface area (Å²) in [5.74, 6) is 0.165. The Bertz CT molecular complexity index is 710. The smallest absolute Gasteiger partial charge is 0.254 e. The van der Waals surface area contributed by atoms with Crippen molar-refractivity contribution in [1.29, 1.82) is 0 Å². The molecule has 1 aromatic carbocycles. The molecule has 1 aliphatic rings. The lowest BCUT2D eigenvalue weighted by atomic mass is 10.1. The zero-order chi connectivity index (χ0) is 16.2. The van der Waals surface area contributed by atoms with Gasteiger partial charge in [-0.2, -0.15) is 0 Å². The maximum Gasteiger partial charge on any atom is 0.254 e. The summed E-state index contributed by atoms with van der Waals surface area (Å²) in [4.78, 5) is 32.4. The van der Waals surface area contributed by atoms with Gasteiger partial charge in [0.15, 0.2) is 12.0 Å². The molecule has 0 atom stereocenters. The van der Waals surface area contributed by atoms with Crippen LogP contribution in [0.4, 0.5) is 0 Å².